The van der Waals surface area contributed by atoms with Crippen molar-refractivity contribution in [2.75, 3.05) is 24.5 Å². The van der Waals surface area contributed by atoms with Gasteiger partial charge in [-0.1, -0.05) is 230 Å². The van der Waals surface area contributed by atoms with Crippen molar-refractivity contribution < 1.29 is 22.0 Å². The van der Waals surface area contributed by atoms with Gasteiger partial charge in [0.25, 0.3) is 6.71 Å². The van der Waals surface area contributed by atoms with E-state index >= 15 is 22.0 Å². The van der Waals surface area contributed by atoms with Crippen molar-refractivity contribution in [3.63, 3.8) is 0 Å². The van der Waals surface area contributed by atoms with E-state index in [-0.39, 0.29) is 21.7 Å². The second-order valence-electron chi connectivity index (χ2n) is 24.9. The SMILES string of the molecule is Fc1cccc(F)c1N1c2cc(N(c3ccccc3)c3ccccc3)cc3c2B(c2ccccc2N3c2ccccc2)c2cc3c(c(C(F)(F)F)c21)Sc1cc(N(c2ccc(-c4ccccc4)cc2)c2ccccc2-c2ccccc2)cc2c1B3c1ccccc1N2c1ccccc1. The Balaban J connectivity index is 0.951. The highest BCUT2D eigenvalue weighted by Crippen LogP contribution is 2.56. The zero-order valence-corrected chi connectivity index (χ0v) is 53.2. The monoisotopic (exact) mass is 1290 g/mol. The van der Waals surface area contributed by atoms with Gasteiger partial charge in [0.05, 0.1) is 22.6 Å². The van der Waals surface area contributed by atoms with E-state index in [9.17, 15) is 0 Å². The van der Waals surface area contributed by atoms with Crippen LogP contribution in [-0.2, 0) is 6.18 Å². The first-order chi connectivity index (χ1) is 48.1. The maximum absolute atomic E-state index is 18.2. The fourth-order valence-electron chi connectivity index (χ4n) is 15.4. The lowest BCUT2D eigenvalue weighted by atomic mass is 9.30. The first kappa shape index (κ1) is 58.8. The summed E-state index contributed by atoms with van der Waals surface area (Å²) < 4.78 is 90.3. The maximum atomic E-state index is 18.2. The summed E-state index contributed by atoms with van der Waals surface area (Å²) in [4.78, 5) is 10.4. The Morgan fingerprint density at radius 2 is 0.755 bits per heavy atom. The molecule has 0 fully saturated rings. The number of benzene rings is 14. The van der Waals surface area contributed by atoms with Crippen molar-refractivity contribution in [1.29, 1.82) is 0 Å². The van der Waals surface area contributed by atoms with Crippen molar-refractivity contribution in [1.82, 2.24) is 0 Å². The van der Waals surface area contributed by atoms with E-state index in [2.05, 4.69) is 106 Å². The summed E-state index contributed by atoms with van der Waals surface area (Å²) in [7, 11) is 0. The minimum Gasteiger partial charge on any atom is -0.311 e. The Bertz CT molecular complexity index is 5370. The van der Waals surface area contributed by atoms with Crippen LogP contribution in [0.5, 0.6) is 0 Å². The van der Waals surface area contributed by atoms with Crippen LogP contribution in [0.2, 0.25) is 0 Å². The summed E-state index contributed by atoms with van der Waals surface area (Å²) in [5, 5.41) is 0. The summed E-state index contributed by atoms with van der Waals surface area (Å²) in [6, 6.07) is 106. The largest absolute Gasteiger partial charge is 0.419 e. The Hall–Kier alpha value is -11.8. The zero-order valence-electron chi connectivity index (χ0n) is 52.4. The first-order valence-corrected chi connectivity index (χ1v) is 33.4. The number of hydrogen-bond donors (Lipinski definition) is 0. The number of rotatable bonds is 11. The van der Waals surface area contributed by atoms with E-state index in [1.165, 1.54) is 11.0 Å². The maximum Gasteiger partial charge on any atom is 0.419 e. The van der Waals surface area contributed by atoms with Gasteiger partial charge in [-0.15, -0.1) is 0 Å². The van der Waals surface area contributed by atoms with E-state index in [0.717, 1.165) is 114 Å². The van der Waals surface area contributed by atoms with Gasteiger partial charge in [0.15, 0.2) is 0 Å². The summed E-state index contributed by atoms with van der Waals surface area (Å²) in [6.45, 7) is -1.69. The quantitative estimate of drug-likeness (QED) is 0.0941. The van der Waals surface area contributed by atoms with Gasteiger partial charge in [0.1, 0.15) is 17.3 Å². The van der Waals surface area contributed by atoms with Gasteiger partial charge in [-0.05, 0) is 159 Å². The molecule has 0 bridgehead atoms. The molecule has 0 saturated heterocycles. The van der Waals surface area contributed by atoms with Crippen LogP contribution in [0.1, 0.15) is 5.56 Å². The molecule has 0 saturated carbocycles. The third-order valence-corrected chi connectivity index (χ3v) is 20.6. The molecule has 0 spiro atoms. The summed E-state index contributed by atoms with van der Waals surface area (Å²) in [6.07, 6.45) is -5.14. The molecule has 13 heteroatoms. The first-order valence-electron chi connectivity index (χ1n) is 32.6. The van der Waals surface area contributed by atoms with Crippen LogP contribution in [0.15, 0.2) is 337 Å². The molecule has 466 valence electrons. The highest BCUT2D eigenvalue weighted by Gasteiger charge is 2.53. The fourth-order valence-corrected chi connectivity index (χ4v) is 16.7. The fraction of sp³-hybridized carbons (Fsp3) is 0.0118. The Morgan fingerprint density at radius 1 is 0.316 bits per heavy atom. The number of anilines is 15. The number of hydrogen-bond acceptors (Lipinski definition) is 6. The van der Waals surface area contributed by atoms with Gasteiger partial charge in [0.2, 0.25) is 6.71 Å². The van der Waals surface area contributed by atoms with Crippen molar-refractivity contribution in [2.24, 2.45) is 0 Å². The van der Waals surface area contributed by atoms with Crippen molar-refractivity contribution >= 4 is 143 Å². The number of alkyl halides is 3. The predicted molar refractivity (Wildman–Crippen MR) is 396 cm³/mol. The number of nitrogens with zero attached hydrogens (tertiary/aromatic N) is 5. The van der Waals surface area contributed by atoms with Crippen molar-refractivity contribution in [3.05, 3.63) is 345 Å². The third-order valence-electron chi connectivity index (χ3n) is 19.4. The lowest BCUT2D eigenvalue weighted by Crippen LogP contribution is -2.65. The number of para-hydroxylation sites is 8. The second kappa shape index (κ2) is 23.5. The molecule has 14 aromatic rings. The molecule has 14 aromatic carbocycles. The van der Waals surface area contributed by atoms with Crippen molar-refractivity contribution in [3.8, 4) is 22.3 Å². The minimum atomic E-state index is -5.14. The molecule has 4 aliphatic rings. The van der Waals surface area contributed by atoms with Gasteiger partial charge in [-0.3, -0.25) is 0 Å². The molecule has 0 atom stereocenters. The highest BCUT2D eigenvalue weighted by molar-refractivity contribution is 8.00. The Kier molecular flexibility index (Phi) is 14.1. The van der Waals surface area contributed by atoms with Crippen LogP contribution in [0.25, 0.3) is 22.3 Å². The van der Waals surface area contributed by atoms with Crippen LogP contribution in [0.3, 0.4) is 0 Å². The smallest absolute Gasteiger partial charge is 0.311 e. The van der Waals surface area contributed by atoms with Crippen LogP contribution < -0.4 is 57.3 Å². The average molecular weight is 1290 g/mol. The molecule has 4 heterocycles. The lowest BCUT2D eigenvalue weighted by Gasteiger charge is -2.47. The molecule has 0 radical (unpaired) electrons. The van der Waals surface area contributed by atoms with Crippen molar-refractivity contribution in [2.45, 2.75) is 16.0 Å². The summed E-state index contributed by atoms with van der Waals surface area (Å²) in [5.41, 5.74) is 14.9. The van der Waals surface area contributed by atoms with E-state index < -0.39 is 42.5 Å². The molecule has 18 rings (SSSR count). The van der Waals surface area contributed by atoms with E-state index in [1.54, 1.807) is 0 Å². The molecule has 0 amide bonds. The average Bonchev–Trinajstić information content (AvgIpc) is 0.679. The van der Waals surface area contributed by atoms with Gasteiger partial charge < -0.3 is 24.5 Å². The summed E-state index contributed by atoms with van der Waals surface area (Å²) >= 11 is 1.06. The van der Waals surface area contributed by atoms with Gasteiger partial charge in [-0.2, -0.15) is 13.2 Å². The molecule has 0 aliphatic carbocycles. The summed E-state index contributed by atoms with van der Waals surface area (Å²) in [5.74, 6) is -2.05. The number of fused-ring (bicyclic) bond motifs is 8. The molecule has 0 N–H and O–H groups in total. The number of halogens is 5. The van der Waals surface area contributed by atoms with Gasteiger partial charge in [-0.25, -0.2) is 8.78 Å². The van der Waals surface area contributed by atoms with Crippen LogP contribution in [0, 0.1) is 11.6 Å². The molecule has 98 heavy (non-hydrogen) atoms. The molecular formula is C85H54B2F5N5S. The van der Waals surface area contributed by atoms with Crippen LogP contribution in [0.4, 0.5) is 107 Å². The minimum absolute atomic E-state index is 0.0601. The van der Waals surface area contributed by atoms with Gasteiger partial charge in [0, 0.05) is 77.9 Å². The molecular weight excluding hydrogens is 1240 g/mol. The predicted octanol–water partition coefficient (Wildman–Crippen LogP) is 20.1. The van der Waals surface area contributed by atoms with Gasteiger partial charge >= 0.3 is 6.18 Å². The second-order valence-corrected chi connectivity index (χ2v) is 25.9. The topological polar surface area (TPSA) is 16.2 Å². The zero-order chi connectivity index (χ0) is 65.8. The van der Waals surface area contributed by atoms with E-state index in [0.29, 0.717) is 32.9 Å². The molecule has 4 aliphatic heterocycles. The van der Waals surface area contributed by atoms with Crippen LogP contribution >= 0.6 is 11.8 Å². The van der Waals surface area contributed by atoms with E-state index in [1.807, 2.05) is 223 Å². The molecule has 0 aromatic heterocycles. The van der Waals surface area contributed by atoms with Crippen LogP contribution in [-0.4, -0.2) is 13.4 Å². The Labute approximate surface area is 569 Å². The molecule has 0 unspecified atom stereocenters. The Morgan fingerprint density at radius 3 is 1.32 bits per heavy atom. The molecule has 5 nitrogen and oxygen atoms in total. The normalized spacial score (nSPS) is 13.0. The highest BCUT2D eigenvalue weighted by atomic mass is 32.2. The third kappa shape index (κ3) is 9.54. The lowest BCUT2D eigenvalue weighted by molar-refractivity contribution is -0.139. The standard InChI is InChI=1S/C85H54B2F5N5S/c88-70-41-25-42-71(89)83(70)97-76-51-63(93(58-30-11-3-12-31-58)59-32-13-4-14-33-59)50-75-80(76)86(66-39-20-23-44-73(66)95(75)60-34-15-5-16-35-60)68-54-69-84(79(82(68)97)85(90,91)92)98-78-53-64(52-77-81(78)87(69)67-40-21-24-45-74(67)96(77)61-36-17-6-18-37-61)94(62-48-46-56(47-49-62)55-26-7-1-8-27-55)72-43-22-19-38-65(72)57-28-9-2-10-29-57/h1-54H. The van der Waals surface area contributed by atoms with E-state index in [4.69, 9.17) is 0 Å².